The maximum Gasteiger partial charge on any atom is 0.355 e. The van der Waals surface area contributed by atoms with Crippen LogP contribution in [0.2, 0.25) is 0 Å². The Morgan fingerprint density at radius 1 is 1.24 bits per heavy atom. The topological polar surface area (TPSA) is 117 Å². The quantitative estimate of drug-likeness (QED) is 0.549. The molecule has 0 aliphatic heterocycles. The number of hydrogen-bond donors (Lipinski definition) is 3. The number of amides is 1. The third-order valence-electron chi connectivity index (χ3n) is 4.57. The minimum absolute atomic E-state index is 0.157. The number of aromatic nitrogens is 2. The van der Waals surface area contributed by atoms with Crippen LogP contribution in [0.1, 0.15) is 45.9 Å². The largest absolute Gasteiger partial charge is 0.451 e. The zero-order chi connectivity index (χ0) is 21.1. The first-order valence-corrected chi connectivity index (χ1v) is 9.14. The highest BCUT2D eigenvalue weighted by Gasteiger charge is 2.21. The molecule has 0 aliphatic carbocycles. The van der Waals surface area contributed by atoms with Gasteiger partial charge in [-0.1, -0.05) is 35.0 Å². The Balaban J connectivity index is 1.59. The van der Waals surface area contributed by atoms with E-state index < -0.39 is 24.6 Å². The van der Waals surface area contributed by atoms with Crippen LogP contribution >= 0.6 is 0 Å². The van der Waals surface area contributed by atoms with Gasteiger partial charge in [0.25, 0.3) is 5.91 Å². The van der Waals surface area contributed by atoms with Gasteiger partial charge in [0.1, 0.15) is 11.4 Å². The Bertz CT molecular complexity index is 1030. The van der Waals surface area contributed by atoms with E-state index in [9.17, 15) is 14.7 Å². The van der Waals surface area contributed by atoms with Gasteiger partial charge in [0, 0.05) is 22.9 Å². The van der Waals surface area contributed by atoms with Gasteiger partial charge < -0.3 is 19.4 Å². The number of carbonyl (C=O) groups excluding carboxylic acids is 2. The minimum atomic E-state index is -0.717. The number of hydrogen-bond acceptors (Lipinski definition) is 6. The Morgan fingerprint density at radius 2 is 1.93 bits per heavy atom. The van der Waals surface area contributed by atoms with Crippen molar-refractivity contribution in [2.24, 2.45) is 0 Å². The van der Waals surface area contributed by atoms with Crippen LogP contribution < -0.4 is 5.32 Å². The number of nitrogens with one attached hydrogen (secondary N) is 2. The molecule has 8 nitrogen and oxygen atoms in total. The van der Waals surface area contributed by atoms with Crippen molar-refractivity contribution in [3.8, 4) is 11.3 Å². The Kier molecular flexibility index (Phi) is 5.84. The number of rotatable bonds is 6. The standard InChI is InChI=1S/C21H23N3O5/c1-11-5-7-15(8-6-11)16-9-18(29-24-16)23-17(26)10-28-21(27)20-12(2)19(14(4)25)13(3)22-20/h5-9,14,22,25H,10H2,1-4H3,(H,23,26)/t14-/m1/s1. The number of ether oxygens (including phenoxy) is 1. The fourth-order valence-electron chi connectivity index (χ4n) is 3.17. The van der Waals surface area contributed by atoms with Gasteiger partial charge in [-0.2, -0.15) is 0 Å². The van der Waals surface area contributed by atoms with Crippen molar-refractivity contribution >= 4 is 17.8 Å². The summed E-state index contributed by atoms with van der Waals surface area (Å²) >= 11 is 0. The van der Waals surface area contributed by atoms with Crippen LogP contribution in [0.4, 0.5) is 5.88 Å². The normalized spacial score (nSPS) is 11.9. The summed E-state index contributed by atoms with van der Waals surface area (Å²) in [6.45, 7) is 6.59. The molecule has 2 aromatic heterocycles. The molecule has 29 heavy (non-hydrogen) atoms. The average molecular weight is 397 g/mol. The van der Waals surface area contributed by atoms with Crippen molar-refractivity contribution in [2.75, 3.05) is 11.9 Å². The van der Waals surface area contributed by atoms with E-state index in [-0.39, 0.29) is 11.6 Å². The van der Waals surface area contributed by atoms with Crippen LogP contribution in [0.25, 0.3) is 11.3 Å². The SMILES string of the molecule is Cc1ccc(-c2cc(NC(=O)COC(=O)c3[nH]c(C)c([C@@H](C)O)c3C)on2)cc1. The number of H-pyrrole nitrogens is 1. The van der Waals surface area contributed by atoms with Gasteiger partial charge >= 0.3 is 5.97 Å². The Hall–Kier alpha value is -3.39. The zero-order valence-corrected chi connectivity index (χ0v) is 16.7. The van der Waals surface area contributed by atoms with Crippen molar-refractivity contribution in [1.82, 2.24) is 10.1 Å². The van der Waals surface area contributed by atoms with Crippen LogP contribution in [0.5, 0.6) is 0 Å². The van der Waals surface area contributed by atoms with E-state index in [0.29, 0.717) is 22.5 Å². The maximum absolute atomic E-state index is 12.3. The molecule has 0 saturated carbocycles. The molecular formula is C21H23N3O5. The Labute approximate surface area is 167 Å². The molecule has 0 unspecified atom stereocenters. The number of aromatic amines is 1. The molecule has 0 radical (unpaired) electrons. The van der Waals surface area contributed by atoms with Crippen LogP contribution in [-0.4, -0.2) is 33.7 Å². The summed E-state index contributed by atoms with van der Waals surface area (Å²) in [5.74, 6) is -1.07. The van der Waals surface area contributed by atoms with E-state index in [1.807, 2.05) is 31.2 Å². The highest BCUT2D eigenvalue weighted by atomic mass is 16.5. The van der Waals surface area contributed by atoms with Gasteiger partial charge in [-0.15, -0.1) is 0 Å². The summed E-state index contributed by atoms with van der Waals surface area (Å²) in [5, 5.41) is 16.2. The third-order valence-corrected chi connectivity index (χ3v) is 4.57. The van der Waals surface area contributed by atoms with Crippen molar-refractivity contribution < 1.29 is 24.0 Å². The van der Waals surface area contributed by atoms with E-state index >= 15 is 0 Å². The number of anilines is 1. The van der Waals surface area contributed by atoms with Gasteiger partial charge in [0.15, 0.2) is 6.61 Å². The summed E-state index contributed by atoms with van der Waals surface area (Å²) in [6, 6.07) is 9.31. The molecule has 0 fully saturated rings. The van der Waals surface area contributed by atoms with Gasteiger partial charge in [0.2, 0.25) is 5.88 Å². The molecule has 0 aliphatic rings. The second-order valence-electron chi connectivity index (χ2n) is 6.91. The number of carbonyl (C=O) groups is 2. The molecule has 0 bridgehead atoms. The number of aryl methyl sites for hydroxylation is 2. The van der Waals surface area contributed by atoms with Crippen LogP contribution in [0.15, 0.2) is 34.9 Å². The monoisotopic (exact) mass is 397 g/mol. The molecule has 152 valence electrons. The third kappa shape index (κ3) is 4.55. The van der Waals surface area contributed by atoms with Crippen molar-refractivity contribution in [3.63, 3.8) is 0 Å². The molecule has 0 spiro atoms. The van der Waals surface area contributed by atoms with Crippen molar-refractivity contribution in [2.45, 2.75) is 33.8 Å². The van der Waals surface area contributed by atoms with Crippen molar-refractivity contribution in [3.05, 3.63) is 58.4 Å². The van der Waals surface area contributed by atoms with Gasteiger partial charge in [0.05, 0.1) is 6.10 Å². The fourth-order valence-corrected chi connectivity index (χ4v) is 3.17. The predicted molar refractivity (Wildman–Crippen MR) is 106 cm³/mol. The number of esters is 1. The van der Waals surface area contributed by atoms with E-state index in [1.54, 1.807) is 26.8 Å². The lowest BCUT2D eigenvalue weighted by atomic mass is 10.1. The zero-order valence-electron chi connectivity index (χ0n) is 16.7. The number of aliphatic hydroxyl groups is 1. The molecule has 1 aromatic carbocycles. The van der Waals surface area contributed by atoms with E-state index in [1.165, 1.54) is 0 Å². The van der Waals surface area contributed by atoms with Crippen LogP contribution in [0, 0.1) is 20.8 Å². The summed E-state index contributed by atoms with van der Waals surface area (Å²) in [6.07, 6.45) is -0.717. The molecule has 1 atom stereocenters. The molecule has 3 aromatic rings. The summed E-state index contributed by atoms with van der Waals surface area (Å²) in [4.78, 5) is 27.3. The number of aliphatic hydroxyl groups excluding tert-OH is 1. The smallest absolute Gasteiger partial charge is 0.355 e. The van der Waals surface area contributed by atoms with Crippen LogP contribution in [-0.2, 0) is 9.53 Å². The Morgan fingerprint density at radius 3 is 2.55 bits per heavy atom. The first-order valence-electron chi connectivity index (χ1n) is 9.14. The molecule has 8 heteroatoms. The van der Waals surface area contributed by atoms with Gasteiger partial charge in [-0.3, -0.25) is 10.1 Å². The lowest BCUT2D eigenvalue weighted by molar-refractivity contribution is -0.119. The first-order chi connectivity index (χ1) is 13.8. The molecule has 3 N–H and O–H groups in total. The van der Waals surface area contributed by atoms with Crippen LogP contribution in [0.3, 0.4) is 0 Å². The molecule has 0 saturated heterocycles. The maximum atomic E-state index is 12.3. The van der Waals surface area contributed by atoms with E-state index in [0.717, 1.165) is 11.1 Å². The van der Waals surface area contributed by atoms with Gasteiger partial charge in [-0.05, 0) is 33.3 Å². The first kappa shape index (κ1) is 20.3. The minimum Gasteiger partial charge on any atom is -0.451 e. The lowest BCUT2D eigenvalue weighted by Crippen LogP contribution is -2.21. The summed E-state index contributed by atoms with van der Waals surface area (Å²) < 4.78 is 10.2. The highest BCUT2D eigenvalue weighted by Crippen LogP contribution is 2.25. The summed E-state index contributed by atoms with van der Waals surface area (Å²) in [5.41, 5.74) is 4.71. The van der Waals surface area contributed by atoms with E-state index in [2.05, 4.69) is 15.5 Å². The molecular weight excluding hydrogens is 374 g/mol. The molecule has 3 rings (SSSR count). The molecule has 2 heterocycles. The number of benzene rings is 1. The van der Waals surface area contributed by atoms with Crippen molar-refractivity contribution in [1.29, 1.82) is 0 Å². The molecule has 1 amide bonds. The average Bonchev–Trinajstić information content (AvgIpc) is 3.24. The second-order valence-corrected chi connectivity index (χ2v) is 6.91. The highest BCUT2D eigenvalue weighted by molar-refractivity contribution is 5.95. The lowest BCUT2D eigenvalue weighted by Gasteiger charge is -2.06. The van der Waals surface area contributed by atoms with E-state index in [4.69, 9.17) is 9.26 Å². The predicted octanol–water partition coefficient (Wildman–Crippen LogP) is 3.44. The fraction of sp³-hybridized carbons (Fsp3) is 0.286. The number of nitrogens with zero attached hydrogens (tertiary/aromatic N) is 1. The van der Waals surface area contributed by atoms with Gasteiger partial charge in [-0.25, -0.2) is 4.79 Å². The summed E-state index contributed by atoms with van der Waals surface area (Å²) in [7, 11) is 0. The second kappa shape index (κ2) is 8.32.